The highest BCUT2D eigenvalue weighted by Gasteiger charge is 2.04. The molecule has 0 aliphatic rings. The Hall–Kier alpha value is -2.35. The van der Waals surface area contributed by atoms with Gasteiger partial charge in [0.25, 0.3) is 0 Å². The van der Waals surface area contributed by atoms with Gasteiger partial charge in [-0.1, -0.05) is 56.3 Å². The van der Waals surface area contributed by atoms with E-state index < -0.39 is 0 Å². The smallest absolute Gasteiger partial charge is 0.185 e. The number of benzene rings is 2. The number of rotatable bonds is 5. The van der Waals surface area contributed by atoms with Crippen LogP contribution in [0.5, 0.6) is 5.75 Å². The molecular formula is C19H20O2. The molecule has 0 unspecified atom stereocenters. The van der Waals surface area contributed by atoms with E-state index in [2.05, 4.69) is 13.8 Å². The number of allylic oxidation sites excluding steroid dienone is 1. The van der Waals surface area contributed by atoms with Gasteiger partial charge in [0.15, 0.2) is 5.78 Å². The van der Waals surface area contributed by atoms with Crippen LogP contribution in [0.15, 0.2) is 54.6 Å². The summed E-state index contributed by atoms with van der Waals surface area (Å²) in [4.78, 5) is 12.2. The summed E-state index contributed by atoms with van der Waals surface area (Å²) in [5, 5.41) is 0. The van der Waals surface area contributed by atoms with E-state index >= 15 is 0 Å². The summed E-state index contributed by atoms with van der Waals surface area (Å²) in [5.74, 6) is 1.23. The van der Waals surface area contributed by atoms with Crippen molar-refractivity contribution < 1.29 is 9.53 Å². The van der Waals surface area contributed by atoms with Crippen molar-refractivity contribution in [1.29, 1.82) is 0 Å². The van der Waals surface area contributed by atoms with Gasteiger partial charge >= 0.3 is 0 Å². The molecule has 108 valence electrons. The number of hydrogen-bond donors (Lipinski definition) is 0. The average molecular weight is 280 g/mol. The minimum atomic E-state index is -0.00351. The summed E-state index contributed by atoms with van der Waals surface area (Å²) in [7, 11) is 1.62. The molecule has 0 amide bonds. The van der Waals surface area contributed by atoms with Crippen molar-refractivity contribution in [3.63, 3.8) is 0 Å². The molecular weight excluding hydrogens is 260 g/mol. The van der Waals surface area contributed by atoms with Gasteiger partial charge in [0.05, 0.1) is 7.11 Å². The zero-order valence-electron chi connectivity index (χ0n) is 12.7. The number of hydrogen-bond acceptors (Lipinski definition) is 2. The summed E-state index contributed by atoms with van der Waals surface area (Å²) < 4.78 is 5.26. The Morgan fingerprint density at radius 3 is 2.33 bits per heavy atom. The first kappa shape index (κ1) is 15.0. The van der Waals surface area contributed by atoms with Crippen molar-refractivity contribution >= 4 is 11.9 Å². The Balaban J connectivity index is 2.15. The van der Waals surface area contributed by atoms with Crippen LogP contribution in [-0.4, -0.2) is 12.9 Å². The van der Waals surface area contributed by atoms with Gasteiger partial charge in [-0.15, -0.1) is 0 Å². The SMILES string of the molecule is COc1ccccc1/C=C/C(=O)c1ccc(C(C)C)cc1. The molecule has 21 heavy (non-hydrogen) atoms. The summed E-state index contributed by atoms with van der Waals surface area (Å²) >= 11 is 0. The van der Waals surface area contributed by atoms with Gasteiger partial charge in [-0.3, -0.25) is 4.79 Å². The van der Waals surface area contributed by atoms with Crippen LogP contribution in [0.3, 0.4) is 0 Å². The molecule has 2 aromatic rings. The Morgan fingerprint density at radius 1 is 1.05 bits per heavy atom. The van der Waals surface area contributed by atoms with Crippen molar-refractivity contribution in [3.8, 4) is 5.75 Å². The molecule has 0 saturated heterocycles. The van der Waals surface area contributed by atoms with Crippen molar-refractivity contribution in [2.24, 2.45) is 0 Å². The molecule has 0 spiro atoms. The topological polar surface area (TPSA) is 26.3 Å². The zero-order valence-corrected chi connectivity index (χ0v) is 12.7. The lowest BCUT2D eigenvalue weighted by atomic mass is 10.0. The van der Waals surface area contributed by atoms with Crippen molar-refractivity contribution in [2.75, 3.05) is 7.11 Å². The fraction of sp³-hybridized carbons (Fsp3) is 0.211. The molecule has 0 radical (unpaired) electrons. The summed E-state index contributed by atoms with van der Waals surface area (Å²) in [6.45, 7) is 4.27. The maximum absolute atomic E-state index is 12.2. The summed E-state index contributed by atoms with van der Waals surface area (Å²) in [6.07, 6.45) is 3.37. The summed E-state index contributed by atoms with van der Waals surface area (Å²) in [5.41, 5.74) is 2.83. The van der Waals surface area contributed by atoms with Gasteiger partial charge in [-0.25, -0.2) is 0 Å². The van der Waals surface area contributed by atoms with Crippen LogP contribution in [0, 0.1) is 0 Å². The van der Waals surface area contributed by atoms with E-state index in [-0.39, 0.29) is 5.78 Å². The van der Waals surface area contributed by atoms with Crippen LogP contribution in [0.4, 0.5) is 0 Å². The lowest BCUT2D eigenvalue weighted by Gasteiger charge is -2.05. The number of para-hydroxylation sites is 1. The van der Waals surface area contributed by atoms with Crippen LogP contribution in [0.2, 0.25) is 0 Å². The molecule has 0 heterocycles. The van der Waals surface area contributed by atoms with Gasteiger partial charge in [0.2, 0.25) is 0 Å². The zero-order chi connectivity index (χ0) is 15.2. The monoisotopic (exact) mass is 280 g/mol. The predicted molar refractivity (Wildman–Crippen MR) is 86.9 cm³/mol. The minimum Gasteiger partial charge on any atom is -0.496 e. The molecule has 2 heteroatoms. The lowest BCUT2D eigenvalue weighted by molar-refractivity contribution is 0.104. The normalized spacial score (nSPS) is 11.0. The highest BCUT2D eigenvalue weighted by atomic mass is 16.5. The first-order chi connectivity index (χ1) is 10.1. The Labute approximate surface area is 126 Å². The van der Waals surface area contributed by atoms with Crippen LogP contribution < -0.4 is 4.74 Å². The van der Waals surface area contributed by atoms with E-state index in [1.54, 1.807) is 19.3 Å². The second-order valence-corrected chi connectivity index (χ2v) is 5.22. The molecule has 2 rings (SSSR count). The highest BCUT2D eigenvalue weighted by molar-refractivity contribution is 6.06. The Bertz CT molecular complexity index is 637. The summed E-state index contributed by atoms with van der Waals surface area (Å²) in [6, 6.07) is 15.4. The first-order valence-electron chi connectivity index (χ1n) is 7.07. The second kappa shape index (κ2) is 6.89. The molecule has 0 atom stereocenters. The fourth-order valence-electron chi connectivity index (χ4n) is 2.10. The van der Waals surface area contributed by atoms with Gasteiger partial charge in [-0.05, 0) is 29.7 Å². The van der Waals surface area contributed by atoms with Crippen molar-refractivity contribution in [2.45, 2.75) is 19.8 Å². The molecule has 2 aromatic carbocycles. The van der Waals surface area contributed by atoms with E-state index in [1.807, 2.05) is 48.5 Å². The Morgan fingerprint density at radius 2 is 1.71 bits per heavy atom. The van der Waals surface area contributed by atoms with Crippen LogP contribution in [0.1, 0.15) is 41.3 Å². The maximum Gasteiger partial charge on any atom is 0.185 e. The third-order valence-corrected chi connectivity index (χ3v) is 3.42. The average Bonchev–Trinajstić information content (AvgIpc) is 2.52. The third kappa shape index (κ3) is 3.82. The van der Waals surface area contributed by atoms with E-state index in [4.69, 9.17) is 4.74 Å². The Kier molecular flexibility index (Phi) is 4.94. The molecule has 2 nitrogen and oxygen atoms in total. The van der Waals surface area contributed by atoms with E-state index in [0.717, 1.165) is 11.3 Å². The quantitative estimate of drug-likeness (QED) is 0.585. The van der Waals surface area contributed by atoms with Crippen LogP contribution in [0.25, 0.3) is 6.08 Å². The highest BCUT2D eigenvalue weighted by Crippen LogP contribution is 2.19. The van der Waals surface area contributed by atoms with Crippen LogP contribution in [-0.2, 0) is 0 Å². The molecule has 0 bridgehead atoms. The molecule has 0 aromatic heterocycles. The number of ketones is 1. The molecule has 0 aliphatic heterocycles. The number of carbonyl (C=O) groups is 1. The van der Waals surface area contributed by atoms with Gasteiger partial charge in [0, 0.05) is 11.1 Å². The van der Waals surface area contributed by atoms with Crippen molar-refractivity contribution in [1.82, 2.24) is 0 Å². The molecule has 0 saturated carbocycles. The second-order valence-electron chi connectivity index (χ2n) is 5.22. The largest absolute Gasteiger partial charge is 0.496 e. The van der Waals surface area contributed by atoms with E-state index in [0.29, 0.717) is 11.5 Å². The number of ether oxygens (including phenoxy) is 1. The fourth-order valence-corrected chi connectivity index (χ4v) is 2.10. The molecule has 0 aliphatic carbocycles. The van der Waals surface area contributed by atoms with Gasteiger partial charge in [-0.2, -0.15) is 0 Å². The van der Waals surface area contributed by atoms with Crippen molar-refractivity contribution in [3.05, 3.63) is 71.3 Å². The number of methoxy groups -OCH3 is 1. The minimum absolute atomic E-state index is 0.00351. The standard InChI is InChI=1S/C19H20O2/c1-14(2)15-8-10-16(11-9-15)18(20)13-12-17-6-4-5-7-19(17)21-3/h4-14H,1-3H3/b13-12+. The van der Waals surface area contributed by atoms with Gasteiger partial charge in [0.1, 0.15) is 5.75 Å². The van der Waals surface area contributed by atoms with Crippen LogP contribution >= 0.6 is 0 Å². The first-order valence-corrected chi connectivity index (χ1v) is 7.07. The molecule has 0 fully saturated rings. The van der Waals surface area contributed by atoms with Gasteiger partial charge < -0.3 is 4.74 Å². The lowest BCUT2D eigenvalue weighted by Crippen LogP contribution is -1.95. The van der Waals surface area contributed by atoms with E-state index in [1.165, 1.54) is 5.56 Å². The molecule has 0 N–H and O–H groups in total. The number of carbonyl (C=O) groups excluding carboxylic acids is 1. The predicted octanol–water partition coefficient (Wildman–Crippen LogP) is 4.71. The maximum atomic E-state index is 12.2. The van der Waals surface area contributed by atoms with E-state index in [9.17, 15) is 4.79 Å². The third-order valence-electron chi connectivity index (χ3n) is 3.42.